The van der Waals surface area contributed by atoms with Crippen molar-refractivity contribution in [1.82, 2.24) is 29.2 Å². The van der Waals surface area contributed by atoms with Crippen LogP contribution in [0.15, 0.2) is 12.4 Å². The SMILES string of the molecule is CC(C)(C)C(=O)N1CCOCC1.CC(C)(C)CN1CCOCC1.CN1CCN(C(=O)C(C)(C)C)CC1.Cc1nccn1C(C)(C)C. The van der Waals surface area contributed by atoms with E-state index >= 15 is 0 Å². The van der Waals surface area contributed by atoms with Crippen LogP contribution < -0.4 is 0 Å². The number of ether oxygens (including phenoxy) is 2. The summed E-state index contributed by atoms with van der Waals surface area (Å²) in [5.74, 6) is 1.58. The maximum absolute atomic E-state index is 11.8. The van der Waals surface area contributed by atoms with Crippen LogP contribution in [0.5, 0.6) is 0 Å². The number of hydrogen-bond donors (Lipinski definition) is 0. The molecule has 0 bridgehead atoms. The third-order valence-electron chi connectivity index (χ3n) is 7.72. The lowest BCUT2D eigenvalue weighted by Crippen LogP contribution is -2.50. The topological polar surface area (TPSA) is 83.4 Å². The van der Waals surface area contributed by atoms with E-state index in [4.69, 9.17) is 9.47 Å². The molecule has 0 radical (unpaired) electrons. The normalized spacial score (nSPS) is 18.7. The Morgan fingerprint density at radius 2 is 1.09 bits per heavy atom. The number of aryl methyl sites for hydroxylation is 1. The molecule has 3 saturated heterocycles. The Balaban J connectivity index is 0.000000308. The van der Waals surface area contributed by atoms with E-state index in [0.717, 1.165) is 71.4 Å². The van der Waals surface area contributed by atoms with Crippen molar-refractivity contribution in [2.45, 2.75) is 95.5 Å². The number of hydrogen-bond acceptors (Lipinski definition) is 7. The maximum Gasteiger partial charge on any atom is 0.228 e. The van der Waals surface area contributed by atoms with Crippen molar-refractivity contribution < 1.29 is 19.1 Å². The summed E-state index contributed by atoms with van der Waals surface area (Å²) in [4.78, 5) is 36.3. The number of amides is 2. The summed E-state index contributed by atoms with van der Waals surface area (Å²) < 4.78 is 12.6. The summed E-state index contributed by atoms with van der Waals surface area (Å²) in [5, 5.41) is 0. The molecule has 4 heterocycles. The molecule has 10 heteroatoms. The van der Waals surface area contributed by atoms with E-state index in [2.05, 4.69) is 67.9 Å². The van der Waals surface area contributed by atoms with Gasteiger partial charge in [0, 0.05) is 87.7 Å². The average molecular weight is 651 g/mol. The zero-order chi connectivity index (χ0) is 35.3. The molecular formula is C36H70N6O4. The van der Waals surface area contributed by atoms with E-state index < -0.39 is 0 Å². The molecule has 0 saturated carbocycles. The first kappa shape index (κ1) is 42.0. The summed E-state index contributed by atoms with van der Waals surface area (Å²) >= 11 is 0. The van der Waals surface area contributed by atoms with E-state index in [1.807, 2.05) is 70.7 Å². The van der Waals surface area contributed by atoms with E-state index in [9.17, 15) is 9.59 Å². The summed E-state index contributed by atoms with van der Waals surface area (Å²) in [6.45, 7) is 39.0. The first-order chi connectivity index (χ1) is 21.0. The van der Waals surface area contributed by atoms with Gasteiger partial charge in [0.05, 0.1) is 26.4 Å². The zero-order valence-electron chi connectivity index (χ0n) is 32.2. The number of nitrogens with zero attached hydrogens (tertiary/aromatic N) is 6. The molecule has 3 fully saturated rings. The fraction of sp³-hybridized carbons (Fsp3) is 0.861. The Hall–Kier alpha value is -2.01. The van der Waals surface area contributed by atoms with E-state index in [1.54, 1.807) is 0 Å². The minimum Gasteiger partial charge on any atom is -0.379 e. The van der Waals surface area contributed by atoms with Crippen LogP contribution in [0, 0.1) is 23.2 Å². The fourth-order valence-corrected chi connectivity index (χ4v) is 5.24. The molecule has 10 nitrogen and oxygen atoms in total. The molecular weight excluding hydrogens is 580 g/mol. The molecule has 2 amide bonds. The summed E-state index contributed by atoms with van der Waals surface area (Å²) in [6.07, 6.45) is 3.84. The molecule has 0 atom stereocenters. The van der Waals surface area contributed by atoms with Gasteiger partial charge in [0.2, 0.25) is 11.8 Å². The van der Waals surface area contributed by atoms with Gasteiger partial charge in [-0.3, -0.25) is 14.5 Å². The molecule has 268 valence electrons. The van der Waals surface area contributed by atoms with Crippen LogP contribution in [0.3, 0.4) is 0 Å². The van der Waals surface area contributed by atoms with Crippen LogP contribution in [0.1, 0.15) is 88.9 Å². The number of rotatable bonds is 1. The number of imidazole rings is 1. The van der Waals surface area contributed by atoms with Gasteiger partial charge in [-0.2, -0.15) is 0 Å². The molecule has 1 aromatic rings. The van der Waals surface area contributed by atoms with Crippen LogP contribution in [-0.4, -0.2) is 133 Å². The lowest BCUT2D eigenvalue weighted by Gasteiger charge is -2.36. The number of morpholine rings is 2. The quantitative estimate of drug-likeness (QED) is 0.423. The minimum atomic E-state index is -0.253. The second kappa shape index (κ2) is 18.5. The lowest BCUT2D eigenvalue weighted by molar-refractivity contribution is -0.143. The summed E-state index contributed by atoms with van der Waals surface area (Å²) in [6, 6.07) is 0. The molecule has 0 aromatic carbocycles. The average Bonchev–Trinajstić information content (AvgIpc) is 3.39. The first-order valence-corrected chi connectivity index (χ1v) is 17.2. The molecule has 0 unspecified atom stereocenters. The van der Waals surface area contributed by atoms with Crippen LogP contribution >= 0.6 is 0 Å². The van der Waals surface area contributed by atoms with Crippen LogP contribution in [0.2, 0.25) is 0 Å². The number of carbonyl (C=O) groups excluding carboxylic acids is 2. The molecule has 46 heavy (non-hydrogen) atoms. The predicted molar refractivity (Wildman–Crippen MR) is 189 cm³/mol. The molecule has 0 N–H and O–H groups in total. The van der Waals surface area contributed by atoms with Crippen molar-refractivity contribution >= 4 is 11.8 Å². The van der Waals surface area contributed by atoms with Crippen molar-refractivity contribution in [3.8, 4) is 0 Å². The van der Waals surface area contributed by atoms with Gasteiger partial charge in [-0.15, -0.1) is 0 Å². The second-order valence-corrected chi connectivity index (χ2v) is 17.0. The van der Waals surface area contributed by atoms with Gasteiger partial charge in [-0.1, -0.05) is 62.3 Å². The van der Waals surface area contributed by atoms with E-state index in [0.29, 0.717) is 18.6 Å². The largest absolute Gasteiger partial charge is 0.379 e. The van der Waals surface area contributed by atoms with Gasteiger partial charge in [0.25, 0.3) is 0 Å². The van der Waals surface area contributed by atoms with Crippen molar-refractivity contribution in [1.29, 1.82) is 0 Å². The summed E-state index contributed by atoms with van der Waals surface area (Å²) in [7, 11) is 2.10. The third kappa shape index (κ3) is 16.7. The molecule has 0 spiro atoms. The van der Waals surface area contributed by atoms with Crippen molar-refractivity contribution in [2.24, 2.45) is 16.2 Å². The Kier molecular flexibility index (Phi) is 16.9. The van der Waals surface area contributed by atoms with E-state index in [-0.39, 0.29) is 28.2 Å². The summed E-state index contributed by atoms with van der Waals surface area (Å²) in [5.41, 5.74) is 0.116. The number of likely N-dealkylation sites (N-methyl/N-ethyl adjacent to an activating group) is 1. The maximum atomic E-state index is 11.8. The van der Waals surface area contributed by atoms with Crippen molar-refractivity contribution in [2.75, 3.05) is 92.4 Å². The Morgan fingerprint density at radius 1 is 0.674 bits per heavy atom. The highest BCUT2D eigenvalue weighted by Crippen LogP contribution is 2.19. The highest BCUT2D eigenvalue weighted by Gasteiger charge is 2.29. The van der Waals surface area contributed by atoms with Gasteiger partial charge in [-0.25, -0.2) is 4.98 Å². The Labute approximate surface area is 282 Å². The van der Waals surface area contributed by atoms with Gasteiger partial charge in [0.1, 0.15) is 5.82 Å². The van der Waals surface area contributed by atoms with Crippen LogP contribution in [-0.2, 0) is 24.6 Å². The fourth-order valence-electron chi connectivity index (χ4n) is 5.24. The van der Waals surface area contributed by atoms with Crippen LogP contribution in [0.4, 0.5) is 0 Å². The highest BCUT2D eigenvalue weighted by atomic mass is 16.5. The second-order valence-electron chi connectivity index (χ2n) is 17.0. The number of piperazine rings is 1. The molecule has 3 aliphatic heterocycles. The van der Waals surface area contributed by atoms with Gasteiger partial charge >= 0.3 is 0 Å². The molecule has 0 aliphatic carbocycles. The first-order valence-electron chi connectivity index (χ1n) is 17.2. The monoisotopic (exact) mass is 651 g/mol. The Bertz CT molecular complexity index is 1010. The van der Waals surface area contributed by atoms with Gasteiger partial charge in [-0.05, 0) is 40.2 Å². The highest BCUT2D eigenvalue weighted by molar-refractivity contribution is 5.82. The number of aromatic nitrogens is 2. The van der Waals surface area contributed by atoms with Gasteiger partial charge < -0.3 is 28.7 Å². The minimum absolute atomic E-state index is 0.167. The van der Waals surface area contributed by atoms with Crippen LogP contribution in [0.25, 0.3) is 0 Å². The number of carbonyl (C=O) groups is 2. The predicted octanol–water partition coefficient (Wildman–Crippen LogP) is 5.01. The zero-order valence-corrected chi connectivity index (χ0v) is 32.2. The molecule has 3 aliphatic rings. The third-order valence-corrected chi connectivity index (χ3v) is 7.72. The molecule has 4 rings (SSSR count). The standard InChI is InChI=1S/C10H20N2O.C9H17NO2.C9H19NO.C8H14N2/c1-10(2,3)9(13)12-7-5-11(4)6-8-12;1-9(2,3)8(11)10-4-6-12-7-5-10;1-9(2,3)8-10-4-6-11-7-5-10;1-7-9-5-6-10(7)8(2,3)4/h5-8H2,1-4H3;4-7H2,1-3H3;4-8H2,1-3H3;5-6H,1-4H3. The van der Waals surface area contributed by atoms with E-state index in [1.165, 1.54) is 6.54 Å². The molecule has 1 aromatic heterocycles. The van der Waals surface area contributed by atoms with Gasteiger partial charge in [0.15, 0.2) is 0 Å². The lowest BCUT2D eigenvalue weighted by atomic mass is 9.94. The van der Waals surface area contributed by atoms with Crippen molar-refractivity contribution in [3.63, 3.8) is 0 Å². The Morgan fingerprint density at radius 3 is 1.41 bits per heavy atom. The van der Waals surface area contributed by atoms with Crippen molar-refractivity contribution in [3.05, 3.63) is 18.2 Å². The smallest absolute Gasteiger partial charge is 0.228 e.